The number of hydrogen-bond donors (Lipinski definition) is 2. The van der Waals surface area contributed by atoms with Crippen molar-refractivity contribution in [2.45, 2.75) is 54.5 Å². The van der Waals surface area contributed by atoms with Crippen LogP contribution in [0.1, 0.15) is 50.9 Å². The lowest BCUT2D eigenvalue weighted by atomic mass is 10.1. The quantitative estimate of drug-likeness (QED) is 0.371. The van der Waals surface area contributed by atoms with Crippen molar-refractivity contribution in [2.24, 2.45) is 4.99 Å². The zero-order chi connectivity index (χ0) is 24.1. The standard InChI is InChI=1S/C26H32ClN5O/c1-7-32-20(6)22(19(5)31-32)11-12-28-26(29-24-10-8-9-23(27)18(24)4)30-25(33)21-14-16(2)13-17(3)15-21/h8-10,13-15H,7,11-12H2,1-6H3,(H2,28,29,30,33). The van der Waals surface area contributed by atoms with Gasteiger partial charge in [0.25, 0.3) is 5.91 Å². The largest absolute Gasteiger partial charge is 0.326 e. The van der Waals surface area contributed by atoms with Gasteiger partial charge >= 0.3 is 0 Å². The molecule has 3 aromatic rings. The number of carbonyl (C=O) groups is 1. The first-order valence-electron chi connectivity index (χ1n) is 11.2. The molecule has 1 heterocycles. The third-order valence-corrected chi connectivity index (χ3v) is 6.11. The Kier molecular flexibility index (Phi) is 7.92. The van der Waals surface area contributed by atoms with Crippen LogP contribution in [0.4, 0.5) is 5.69 Å². The predicted molar refractivity (Wildman–Crippen MR) is 137 cm³/mol. The Labute approximate surface area is 201 Å². The summed E-state index contributed by atoms with van der Waals surface area (Å²) in [6.07, 6.45) is 0.733. The van der Waals surface area contributed by atoms with Crippen LogP contribution in [0, 0.1) is 34.6 Å². The van der Waals surface area contributed by atoms with Crippen LogP contribution in [0.2, 0.25) is 5.02 Å². The molecule has 0 aliphatic rings. The Morgan fingerprint density at radius 3 is 2.42 bits per heavy atom. The molecule has 1 amide bonds. The van der Waals surface area contributed by atoms with Gasteiger partial charge in [-0.2, -0.15) is 5.10 Å². The average Bonchev–Trinajstić information content (AvgIpc) is 3.03. The highest BCUT2D eigenvalue weighted by molar-refractivity contribution is 6.31. The highest BCUT2D eigenvalue weighted by atomic mass is 35.5. The fourth-order valence-corrected chi connectivity index (χ4v) is 4.12. The number of benzene rings is 2. The van der Waals surface area contributed by atoms with Crippen molar-refractivity contribution in [1.29, 1.82) is 0 Å². The fourth-order valence-electron chi connectivity index (χ4n) is 3.95. The normalized spacial score (nSPS) is 11.5. The number of rotatable bonds is 6. The van der Waals surface area contributed by atoms with Crippen molar-refractivity contribution in [3.8, 4) is 0 Å². The molecule has 0 spiro atoms. The van der Waals surface area contributed by atoms with Crippen LogP contribution in [0.25, 0.3) is 0 Å². The predicted octanol–water partition coefficient (Wildman–Crippen LogP) is 5.54. The molecule has 0 aliphatic carbocycles. The van der Waals surface area contributed by atoms with Crippen molar-refractivity contribution < 1.29 is 4.79 Å². The van der Waals surface area contributed by atoms with Crippen LogP contribution in [-0.2, 0) is 13.0 Å². The van der Waals surface area contributed by atoms with Crippen LogP contribution in [0.5, 0.6) is 0 Å². The van der Waals surface area contributed by atoms with Crippen molar-refractivity contribution in [3.05, 3.63) is 80.6 Å². The van der Waals surface area contributed by atoms with Gasteiger partial charge in [-0.3, -0.25) is 19.8 Å². The molecule has 1 aromatic heterocycles. The molecule has 33 heavy (non-hydrogen) atoms. The van der Waals surface area contributed by atoms with Crippen molar-refractivity contribution in [2.75, 3.05) is 11.9 Å². The van der Waals surface area contributed by atoms with E-state index in [1.54, 1.807) is 0 Å². The molecular formula is C26H32ClN5O. The SMILES string of the molecule is CCn1nc(C)c(CCN=C(NC(=O)c2cc(C)cc(C)c2)Nc2cccc(Cl)c2C)c1C. The molecule has 0 radical (unpaired) electrons. The molecular weight excluding hydrogens is 434 g/mol. The average molecular weight is 466 g/mol. The van der Waals surface area contributed by atoms with E-state index in [-0.39, 0.29) is 5.91 Å². The first-order chi connectivity index (χ1) is 15.7. The highest BCUT2D eigenvalue weighted by Crippen LogP contribution is 2.23. The van der Waals surface area contributed by atoms with Gasteiger partial charge in [0, 0.05) is 35.1 Å². The molecule has 6 nitrogen and oxygen atoms in total. The fraction of sp³-hybridized carbons (Fsp3) is 0.346. The number of hydrogen-bond acceptors (Lipinski definition) is 3. The van der Waals surface area contributed by atoms with Gasteiger partial charge in [0.1, 0.15) is 0 Å². The molecule has 0 bridgehead atoms. The highest BCUT2D eigenvalue weighted by Gasteiger charge is 2.13. The second-order valence-corrected chi connectivity index (χ2v) is 8.72. The number of aliphatic imine (C=N–C) groups is 1. The van der Waals surface area contributed by atoms with E-state index in [0.29, 0.717) is 23.1 Å². The number of aromatic nitrogens is 2. The summed E-state index contributed by atoms with van der Waals surface area (Å²) in [5.41, 5.74) is 7.73. The van der Waals surface area contributed by atoms with E-state index in [1.165, 1.54) is 5.56 Å². The summed E-state index contributed by atoms with van der Waals surface area (Å²) in [4.78, 5) is 17.7. The summed E-state index contributed by atoms with van der Waals surface area (Å²) < 4.78 is 2.00. The van der Waals surface area contributed by atoms with Gasteiger partial charge in [-0.25, -0.2) is 0 Å². The van der Waals surface area contributed by atoms with Crippen LogP contribution in [0.15, 0.2) is 41.4 Å². The molecule has 2 aromatic carbocycles. The molecule has 0 fully saturated rings. The number of halogens is 1. The van der Waals surface area contributed by atoms with Crippen molar-refractivity contribution >= 4 is 29.2 Å². The summed E-state index contributed by atoms with van der Waals surface area (Å²) in [5, 5.41) is 11.5. The monoisotopic (exact) mass is 465 g/mol. The van der Waals surface area contributed by atoms with Crippen molar-refractivity contribution in [1.82, 2.24) is 15.1 Å². The number of carbonyl (C=O) groups excluding carboxylic acids is 1. The molecule has 0 saturated carbocycles. The molecule has 0 unspecified atom stereocenters. The molecule has 174 valence electrons. The lowest BCUT2D eigenvalue weighted by Gasteiger charge is -2.15. The van der Waals surface area contributed by atoms with Crippen LogP contribution >= 0.6 is 11.6 Å². The van der Waals surface area contributed by atoms with E-state index >= 15 is 0 Å². The zero-order valence-corrected chi connectivity index (χ0v) is 21.0. The van der Waals surface area contributed by atoms with E-state index in [9.17, 15) is 4.79 Å². The molecule has 7 heteroatoms. The van der Waals surface area contributed by atoms with Gasteiger partial charge in [0.15, 0.2) is 0 Å². The van der Waals surface area contributed by atoms with Gasteiger partial charge in [0.2, 0.25) is 5.96 Å². The zero-order valence-electron chi connectivity index (χ0n) is 20.2. The van der Waals surface area contributed by atoms with Gasteiger partial charge in [-0.15, -0.1) is 0 Å². The minimum Gasteiger partial charge on any atom is -0.326 e. The molecule has 0 atom stereocenters. The molecule has 0 saturated heterocycles. The lowest BCUT2D eigenvalue weighted by Crippen LogP contribution is -2.36. The molecule has 0 aliphatic heterocycles. The number of amides is 1. The number of aryl methyl sites for hydroxylation is 4. The Morgan fingerprint density at radius 1 is 1.09 bits per heavy atom. The minimum absolute atomic E-state index is 0.209. The van der Waals surface area contributed by atoms with Crippen LogP contribution in [-0.4, -0.2) is 28.2 Å². The minimum atomic E-state index is -0.209. The van der Waals surface area contributed by atoms with Crippen molar-refractivity contribution in [3.63, 3.8) is 0 Å². The summed E-state index contributed by atoms with van der Waals surface area (Å²) in [7, 11) is 0. The number of nitrogens with one attached hydrogen (secondary N) is 2. The maximum absolute atomic E-state index is 13.0. The molecule has 3 rings (SSSR count). The van der Waals surface area contributed by atoms with E-state index in [4.69, 9.17) is 16.6 Å². The first-order valence-corrected chi connectivity index (χ1v) is 11.6. The third kappa shape index (κ3) is 6.02. The number of guanidine groups is 1. The van der Waals surface area contributed by atoms with Gasteiger partial charge < -0.3 is 5.32 Å². The smallest absolute Gasteiger partial charge is 0.257 e. The van der Waals surface area contributed by atoms with E-state index < -0.39 is 0 Å². The summed E-state index contributed by atoms with van der Waals surface area (Å²) in [5.74, 6) is 0.182. The van der Waals surface area contributed by atoms with E-state index in [2.05, 4.69) is 29.6 Å². The van der Waals surface area contributed by atoms with Crippen LogP contribution in [0.3, 0.4) is 0 Å². The van der Waals surface area contributed by atoms with E-state index in [0.717, 1.165) is 46.7 Å². The topological polar surface area (TPSA) is 71.3 Å². The maximum atomic E-state index is 13.0. The number of nitrogens with zero attached hydrogens (tertiary/aromatic N) is 3. The third-order valence-electron chi connectivity index (χ3n) is 5.70. The Morgan fingerprint density at radius 2 is 1.79 bits per heavy atom. The molecule has 2 N–H and O–H groups in total. The summed E-state index contributed by atoms with van der Waals surface area (Å²) in [6, 6.07) is 11.4. The summed E-state index contributed by atoms with van der Waals surface area (Å²) in [6.45, 7) is 13.4. The second-order valence-electron chi connectivity index (χ2n) is 8.31. The Balaban J connectivity index is 1.85. The van der Waals surface area contributed by atoms with Crippen LogP contribution < -0.4 is 10.6 Å². The maximum Gasteiger partial charge on any atom is 0.257 e. The Bertz CT molecular complexity index is 1180. The lowest BCUT2D eigenvalue weighted by molar-refractivity contribution is 0.0976. The van der Waals surface area contributed by atoms with E-state index in [1.807, 2.05) is 68.8 Å². The van der Waals surface area contributed by atoms with Gasteiger partial charge in [-0.05, 0) is 83.4 Å². The second kappa shape index (κ2) is 10.7. The van der Waals surface area contributed by atoms with Gasteiger partial charge in [0.05, 0.1) is 5.69 Å². The Hall–Kier alpha value is -3.12. The first kappa shape index (κ1) is 24.5. The summed E-state index contributed by atoms with van der Waals surface area (Å²) >= 11 is 6.29. The van der Waals surface area contributed by atoms with Gasteiger partial charge in [-0.1, -0.05) is 34.9 Å². The number of anilines is 1.